The second kappa shape index (κ2) is 5.05. The minimum absolute atomic E-state index is 0.127. The molecule has 0 radical (unpaired) electrons. The number of hydrogen-bond acceptors (Lipinski definition) is 2. The first kappa shape index (κ1) is 12.2. The van der Waals surface area contributed by atoms with Gasteiger partial charge in [-0.15, -0.1) is 0 Å². The van der Waals surface area contributed by atoms with Crippen molar-refractivity contribution in [1.29, 1.82) is 0 Å². The minimum Gasteiger partial charge on any atom is -0.461 e. The third kappa shape index (κ3) is 4.71. The predicted molar refractivity (Wildman–Crippen MR) is 54.5 cm³/mol. The lowest BCUT2D eigenvalue weighted by atomic mass is 9.88. The highest BCUT2D eigenvalue weighted by Gasteiger charge is 2.27. The van der Waals surface area contributed by atoms with E-state index in [2.05, 4.69) is 13.5 Å². The Kier molecular flexibility index (Phi) is 4.74. The van der Waals surface area contributed by atoms with Gasteiger partial charge < -0.3 is 4.74 Å². The molecule has 0 aliphatic rings. The summed E-state index contributed by atoms with van der Waals surface area (Å²) in [5.74, 6) is -0.127. The zero-order valence-electron chi connectivity index (χ0n) is 9.14. The maximum absolute atomic E-state index is 11.5. The van der Waals surface area contributed by atoms with Crippen molar-refractivity contribution in [3.05, 3.63) is 12.2 Å². The van der Waals surface area contributed by atoms with E-state index in [0.29, 0.717) is 6.61 Å². The van der Waals surface area contributed by atoms with Crippen molar-refractivity contribution in [3.8, 4) is 0 Å². The van der Waals surface area contributed by atoms with Crippen LogP contribution in [0.3, 0.4) is 0 Å². The summed E-state index contributed by atoms with van der Waals surface area (Å²) >= 11 is 0. The van der Waals surface area contributed by atoms with E-state index in [1.807, 2.05) is 20.8 Å². The molecule has 0 saturated carbocycles. The van der Waals surface area contributed by atoms with Crippen LogP contribution >= 0.6 is 0 Å². The van der Waals surface area contributed by atoms with Crippen molar-refractivity contribution in [1.82, 2.24) is 0 Å². The van der Waals surface area contributed by atoms with Gasteiger partial charge in [0.1, 0.15) is 6.61 Å². The molecule has 0 atom stereocenters. The van der Waals surface area contributed by atoms with Crippen LogP contribution in [0.15, 0.2) is 12.2 Å². The molecule has 0 amide bonds. The number of carbonyl (C=O) groups excluding carboxylic acids is 1. The Labute approximate surface area is 81.0 Å². The average molecular weight is 184 g/mol. The van der Waals surface area contributed by atoms with Crippen molar-refractivity contribution < 1.29 is 9.53 Å². The molecule has 0 saturated heterocycles. The number of rotatable bonds is 5. The molecule has 2 heteroatoms. The van der Waals surface area contributed by atoms with E-state index in [1.165, 1.54) is 0 Å². The third-order valence-electron chi connectivity index (χ3n) is 1.88. The fourth-order valence-electron chi connectivity index (χ4n) is 1.11. The number of hydrogen-bond donors (Lipinski definition) is 0. The van der Waals surface area contributed by atoms with E-state index >= 15 is 0 Å². The molecular weight excluding hydrogens is 164 g/mol. The Hall–Kier alpha value is -0.790. The molecule has 13 heavy (non-hydrogen) atoms. The van der Waals surface area contributed by atoms with Crippen molar-refractivity contribution in [2.45, 2.75) is 40.5 Å². The standard InChI is InChI=1S/C11H20O2/c1-6-7-11(4,5)10(12)13-8-9(2)3/h2,6-8H2,1,3-5H3. The second-order valence-corrected chi connectivity index (χ2v) is 4.17. The van der Waals surface area contributed by atoms with Crippen LogP contribution in [-0.4, -0.2) is 12.6 Å². The van der Waals surface area contributed by atoms with Crippen molar-refractivity contribution in [3.63, 3.8) is 0 Å². The first-order valence-electron chi connectivity index (χ1n) is 4.71. The van der Waals surface area contributed by atoms with E-state index in [9.17, 15) is 4.79 Å². The highest BCUT2D eigenvalue weighted by molar-refractivity contribution is 5.75. The van der Waals surface area contributed by atoms with Gasteiger partial charge in [-0.2, -0.15) is 0 Å². The molecule has 0 heterocycles. The molecule has 0 aliphatic carbocycles. The smallest absolute Gasteiger partial charge is 0.311 e. The van der Waals surface area contributed by atoms with Crippen LogP contribution in [0.5, 0.6) is 0 Å². The van der Waals surface area contributed by atoms with Gasteiger partial charge >= 0.3 is 5.97 Å². The lowest BCUT2D eigenvalue weighted by Gasteiger charge is -2.21. The summed E-state index contributed by atoms with van der Waals surface area (Å²) in [6.45, 7) is 11.8. The number of ether oxygens (including phenoxy) is 1. The third-order valence-corrected chi connectivity index (χ3v) is 1.88. The zero-order chi connectivity index (χ0) is 10.5. The summed E-state index contributed by atoms with van der Waals surface area (Å²) in [4.78, 5) is 11.5. The summed E-state index contributed by atoms with van der Waals surface area (Å²) in [6, 6.07) is 0. The van der Waals surface area contributed by atoms with Crippen molar-refractivity contribution in [2.24, 2.45) is 5.41 Å². The van der Waals surface area contributed by atoms with E-state index in [4.69, 9.17) is 4.74 Å². The summed E-state index contributed by atoms with van der Waals surface area (Å²) in [6.07, 6.45) is 1.86. The van der Waals surface area contributed by atoms with Gasteiger partial charge in [-0.3, -0.25) is 4.79 Å². The molecule has 0 fully saturated rings. The lowest BCUT2D eigenvalue weighted by Crippen LogP contribution is -2.26. The first-order chi connectivity index (χ1) is 5.90. The molecular formula is C11H20O2. The van der Waals surface area contributed by atoms with Crippen LogP contribution in [0.1, 0.15) is 40.5 Å². The summed E-state index contributed by atoms with van der Waals surface area (Å²) in [5.41, 5.74) is 0.519. The quantitative estimate of drug-likeness (QED) is 0.485. The van der Waals surface area contributed by atoms with E-state index in [-0.39, 0.29) is 11.4 Å². The average Bonchev–Trinajstić information content (AvgIpc) is 1.99. The summed E-state index contributed by atoms with van der Waals surface area (Å²) < 4.78 is 5.08. The number of carbonyl (C=O) groups is 1. The molecule has 0 spiro atoms. The Morgan fingerprint density at radius 2 is 2.00 bits per heavy atom. The van der Waals surface area contributed by atoms with Crippen molar-refractivity contribution >= 4 is 5.97 Å². The van der Waals surface area contributed by atoms with Gasteiger partial charge in [0.2, 0.25) is 0 Å². The van der Waals surface area contributed by atoms with Gasteiger partial charge in [-0.05, 0) is 32.8 Å². The van der Waals surface area contributed by atoms with Crippen molar-refractivity contribution in [2.75, 3.05) is 6.61 Å². The molecule has 0 N–H and O–H groups in total. The fraction of sp³-hybridized carbons (Fsp3) is 0.727. The Morgan fingerprint density at radius 3 is 2.38 bits per heavy atom. The lowest BCUT2D eigenvalue weighted by molar-refractivity contribution is -0.153. The molecule has 0 aliphatic heterocycles. The zero-order valence-corrected chi connectivity index (χ0v) is 9.14. The summed E-state index contributed by atoms with van der Waals surface area (Å²) in [5, 5.41) is 0. The molecule has 0 bridgehead atoms. The highest BCUT2D eigenvalue weighted by Crippen LogP contribution is 2.23. The maximum Gasteiger partial charge on any atom is 0.311 e. The van der Waals surface area contributed by atoms with E-state index in [1.54, 1.807) is 0 Å². The second-order valence-electron chi connectivity index (χ2n) is 4.17. The van der Waals surface area contributed by atoms with Crippen LogP contribution < -0.4 is 0 Å². The molecule has 76 valence electrons. The van der Waals surface area contributed by atoms with E-state index < -0.39 is 0 Å². The minimum atomic E-state index is -0.357. The van der Waals surface area contributed by atoms with Gasteiger partial charge in [0.25, 0.3) is 0 Å². The SMILES string of the molecule is C=C(C)COC(=O)C(C)(C)CCC. The molecule has 0 aromatic heterocycles. The number of esters is 1. The van der Waals surface area contributed by atoms with Crippen LogP contribution in [0.4, 0.5) is 0 Å². The normalized spacial score (nSPS) is 11.1. The van der Waals surface area contributed by atoms with Gasteiger partial charge in [0, 0.05) is 0 Å². The molecule has 0 aromatic rings. The molecule has 0 aromatic carbocycles. The van der Waals surface area contributed by atoms with Gasteiger partial charge in [0.15, 0.2) is 0 Å². The first-order valence-corrected chi connectivity index (χ1v) is 4.71. The van der Waals surface area contributed by atoms with Gasteiger partial charge in [0.05, 0.1) is 5.41 Å². The Bertz CT molecular complexity index is 192. The molecule has 2 nitrogen and oxygen atoms in total. The largest absolute Gasteiger partial charge is 0.461 e. The van der Waals surface area contributed by atoms with Crippen LogP contribution in [0.2, 0.25) is 0 Å². The van der Waals surface area contributed by atoms with Crippen LogP contribution in [0.25, 0.3) is 0 Å². The van der Waals surface area contributed by atoms with Gasteiger partial charge in [-0.25, -0.2) is 0 Å². The topological polar surface area (TPSA) is 26.3 Å². The monoisotopic (exact) mass is 184 g/mol. The van der Waals surface area contributed by atoms with Crippen LogP contribution in [0, 0.1) is 5.41 Å². The van der Waals surface area contributed by atoms with Crippen LogP contribution in [-0.2, 0) is 9.53 Å². The van der Waals surface area contributed by atoms with E-state index in [0.717, 1.165) is 18.4 Å². The summed E-state index contributed by atoms with van der Waals surface area (Å²) in [7, 11) is 0. The maximum atomic E-state index is 11.5. The highest BCUT2D eigenvalue weighted by atomic mass is 16.5. The Balaban J connectivity index is 4.01. The molecule has 0 rings (SSSR count). The fourth-order valence-corrected chi connectivity index (χ4v) is 1.11. The molecule has 0 unspecified atom stereocenters. The Morgan fingerprint density at radius 1 is 1.46 bits per heavy atom. The predicted octanol–water partition coefficient (Wildman–Crippen LogP) is 2.93. The van der Waals surface area contributed by atoms with Gasteiger partial charge in [-0.1, -0.05) is 19.9 Å².